The molecule has 1 aliphatic heterocycles. The number of amides is 1. The Kier molecular flexibility index (Phi) is 4.70. The Hall–Kier alpha value is -1.66. The maximum Gasteiger partial charge on any atom is 0.252 e. The molecule has 0 bridgehead atoms. The molecule has 3 N–H and O–H groups in total. The van der Waals surface area contributed by atoms with Crippen LogP contribution < -0.4 is 11.1 Å². The van der Waals surface area contributed by atoms with Gasteiger partial charge < -0.3 is 15.8 Å². The molecule has 0 aliphatic carbocycles. The smallest absolute Gasteiger partial charge is 0.252 e. The normalized spacial score (nSPS) is 20.2. The van der Waals surface area contributed by atoms with Crippen molar-refractivity contribution in [2.24, 2.45) is 5.73 Å². The fraction of sp³-hybridized carbons (Fsp3) is 0.538. The number of pyridine rings is 1. The van der Waals surface area contributed by atoms with Gasteiger partial charge in [0.2, 0.25) is 0 Å². The molecule has 1 aromatic heterocycles. The standard InChI is InChI=1S/C13H20N4O2/c1-2-17-6-7-19-10(9-17)8-16-13-11(12(14)18)4-3-5-15-13/h3-5,10H,2,6-9H2,1H3,(H2,14,18)(H,15,16). The van der Waals surface area contributed by atoms with Crippen LogP contribution in [0.4, 0.5) is 5.82 Å². The van der Waals surface area contributed by atoms with Crippen molar-refractivity contribution >= 4 is 11.7 Å². The van der Waals surface area contributed by atoms with Gasteiger partial charge in [0, 0.05) is 25.8 Å². The second kappa shape index (κ2) is 6.49. The van der Waals surface area contributed by atoms with Gasteiger partial charge in [-0.05, 0) is 18.7 Å². The fourth-order valence-corrected chi connectivity index (χ4v) is 2.15. The lowest BCUT2D eigenvalue weighted by molar-refractivity contribution is -0.0192. The SMILES string of the molecule is CCN1CCOC(CNc2ncccc2C(N)=O)C1. The lowest BCUT2D eigenvalue weighted by Gasteiger charge is -2.32. The van der Waals surface area contributed by atoms with Gasteiger partial charge in [-0.1, -0.05) is 6.92 Å². The number of anilines is 1. The first-order chi connectivity index (χ1) is 9.20. The number of carbonyl (C=O) groups excluding carboxylic acids is 1. The van der Waals surface area contributed by atoms with Crippen LogP contribution >= 0.6 is 0 Å². The first-order valence-electron chi connectivity index (χ1n) is 6.53. The largest absolute Gasteiger partial charge is 0.374 e. The van der Waals surface area contributed by atoms with Crippen molar-refractivity contribution < 1.29 is 9.53 Å². The number of rotatable bonds is 5. The molecule has 0 saturated carbocycles. The highest BCUT2D eigenvalue weighted by molar-refractivity contribution is 5.97. The van der Waals surface area contributed by atoms with E-state index in [0.717, 1.165) is 26.2 Å². The summed E-state index contributed by atoms with van der Waals surface area (Å²) in [4.78, 5) is 17.8. The van der Waals surface area contributed by atoms with Crippen molar-refractivity contribution in [1.82, 2.24) is 9.88 Å². The van der Waals surface area contributed by atoms with Crippen LogP contribution in [0.15, 0.2) is 18.3 Å². The summed E-state index contributed by atoms with van der Waals surface area (Å²) in [5.74, 6) is 0.0440. The van der Waals surface area contributed by atoms with Gasteiger partial charge in [-0.25, -0.2) is 4.98 Å². The van der Waals surface area contributed by atoms with E-state index >= 15 is 0 Å². The van der Waals surface area contributed by atoms with E-state index in [1.807, 2.05) is 0 Å². The Morgan fingerprint density at radius 3 is 3.26 bits per heavy atom. The highest BCUT2D eigenvalue weighted by atomic mass is 16.5. The molecule has 2 rings (SSSR count). The van der Waals surface area contributed by atoms with Gasteiger partial charge in [0.05, 0.1) is 18.3 Å². The molecule has 1 fully saturated rings. The zero-order valence-corrected chi connectivity index (χ0v) is 11.1. The molecule has 6 heteroatoms. The number of aromatic nitrogens is 1. The number of likely N-dealkylation sites (N-methyl/N-ethyl adjacent to an activating group) is 1. The van der Waals surface area contributed by atoms with E-state index in [-0.39, 0.29) is 6.10 Å². The van der Waals surface area contributed by atoms with Gasteiger partial charge in [-0.2, -0.15) is 0 Å². The van der Waals surface area contributed by atoms with Gasteiger partial charge in [0.15, 0.2) is 0 Å². The van der Waals surface area contributed by atoms with Gasteiger partial charge in [0.25, 0.3) is 5.91 Å². The maximum atomic E-state index is 11.3. The minimum Gasteiger partial charge on any atom is -0.374 e. The quantitative estimate of drug-likeness (QED) is 0.800. The molecule has 1 aromatic rings. The summed E-state index contributed by atoms with van der Waals surface area (Å²) in [6.45, 7) is 6.39. The summed E-state index contributed by atoms with van der Waals surface area (Å²) in [6.07, 6.45) is 1.74. The predicted octanol–water partition coefficient (Wildman–Crippen LogP) is 0.313. The molecule has 1 atom stereocenters. The van der Waals surface area contributed by atoms with Crippen LogP contribution in [-0.4, -0.2) is 54.7 Å². The molecule has 104 valence electrons. The molecule has 1 amide bonds. The highest BCUT2D eigenvalue weighted by Crippen LogP contribution is 2.12. The number of nitrogens with zero attached hydrogens (tertiary/aromatic N) is 2. The lowest BCUT2D eigenvalue weighted by Crippen LogP contribution is -2.45. The lowest BCUT2D eigenvalue weighted by atomic mass is 10.2. The van der Waals surface area contributed by atoms with Crippen LogP contribution in [0.1, 0.15) is 17.3 Å². The second-order valence-electron chi connectivity index (χ2n) is 4.53. The van der Waals surface area contributed by atoms with E-state index in [4.69, 9.17) is 10.5 Å². The van der Waals surface area contributed by atoms with Crippen molar-refractivity contribution in [3.05, 3.63) is 23.9 Å². The van der Waals surface area contributed by atoms with Crippen LogP contribution in [0.2, 0.25) is 0 Å². The summed E-state index contributed by atoms with van der Waals surface area (Å²) >= 11 is 0. The van der Waals surface area contributed by atoms with Crippen molar-refractivity contribution in [3.63, 3.8) is 0 Å². The molecule has 0 spiro atoms. The monoisotopic (exact) mass is 264 g/mol. The van der Waals surface area contributed by atoms with Crippen LogP contribution in [0, 0.1) is 0 Å². The van der Waals surface area contributed by atoms with Crippen LogP contribution in [0.25, 0.3) is 0 Å². The minimum absolute atomic E-state index is 0.108. The Labute approximate surface area is 112 Å². The summed E-state index contributed by atoms with van der Waals surface area (Å²) in [7, 11) is 0. The molecular weight excluding hydrogens is 244 g/mol. The third-order valence-electron chi connectivity index (χ3n) is 3.24. The van der Waals surface area contributed by atoms with Crippen LogP contribution in [-0.2, 0) is 4.74 Å². The average molecular weight is 264 g/mol. The van der Waals surface area contributed by atoms with Crippen molar-refractivity contribution in [1.29, 1.82) is 0 Å². The molecule has 2 heterocycles. The fourth-order valence-electron chi connectivity index (χ4n) is 2.15. The third-order valence-corrected chi connectivity index (χ3v) is 3.24. The molecule has 1 unspecified atom stereocenters. The number of ether oxygens (including phenoxy) is 1. The van der Waals surface area contributed by atoms with Crippen molar-refractivity contribution in [2.45, 2.75) is 13.0 Å². The zero-order valence-electron chi connectivity index (χ0n) is 11.1. The number of carbonyl (C=O) groups is 1. The van der Waals surface area contributed by atoms with Gasteiger partial charge >= 0.3 is 0 Å². The number of primary amides is 1. The van der Waals surface area contributed by atoms with Gasteiger partial charge in [0.1, 0.15) is 5.82 Å². The van der Waals surface area contributed by atoms with E-state index in [1.54, 1.807) is 18.3 Å². The number of hydrogen-bond donors (Lipinski definition) is 2. The predicted molar refractivity (Wildman–Crippen MR) is 73.1 cm³/mol. The van der Waals surface area contributed by atoms with Crippen LogP contribution in [0.3, 0.4) is 0 Å². The van der Waals surface area contributed by atoms with Crippen molar-refractivity contribution in [3.8, 4) is 0 Å². The summed E-state index contributed by atoms with van der Waals surface area (Å²) in [5.41, 5.74) is 5.72. The van der Waals surface area contributed by atoms with Gasteiger partial charge in [-0.3, -0.25) is 9.69 Å². The Morgan fingerprint density at radius 2 is 2.53 bits per heavy atom. The Morgan fingerprint density at radius 1 is 1.68 bits per heavy atom. The molecule has 0 aromatic carbocycles. The molecule has 1 aliphatic rings. The van der Waals surface area contributed by atoms with Gasteiger partial charge in [-0.15, -0.1) is 0 Å². The second-order valence-corrected chi connectivity index (χ2v) is 4.53. The first kappa shape index (κ1) is 13.8. The third kappa shape index (κ3) is 3.65. The summed E-state index contributed by atoms with van der Waals surface area (Å²) < 4.78 is 5.68. The van der Waals surface area contributed by atoms with Crippen LogP contribution in [0.5, 0.6) is 0 Å². The topological polar surface area (TPSA) is 80.5 Å². The minimum atomic E-state index is -0.477. The van der Waals surface area contributed by atoms with E-state index in [0.29, 0.717) is 17.9 Å². The van der Waals surface area contributed by atoms with E-state index in [1.165, 1.54) is 0 Å². The van der Waals surface area contributed by atoms with E-state index in [2.05, 4.69) is 22.1 Å². The molecular formula is C13H20N4O2. The average Bonchev–Trinajstić information content (AvgIpc) is 2.45. The Bertz CT molecular complexity index is 438. The number of nitrogens with one attached hydrogen (secondary N) is 1. The molecule has 1 saturated heterocycles. The molecule has 19 heavy (non-hydrogen) atoms. The molecule has 0 radical (unpaired) electrons. The first-order valence-corrected chi connectivity index (χ1v) is 6.53. The number of morpholine rings is 1. The van der Waals surface area contributed by atoms with Crippen molar-refractivity contribution in [2.75, 3.05) is 38.1 Å². The summed E-state index contributed by atoms with van der Waals surface area (Å²) in [5, 5.41) is 3.15. The molecule has 6 nitrogen and oxygen atoms in total. The van der Waals surface area contributed by atoms with E-state index in [9.17, 15) is 4.79 Å². The maximum absolute atomic E-state index is 11.3. The number of nitrogens with two attached hydrogens (primary N) is 1. The van der Waals surface area contributed by atoms with E-state index < -0.39 is 5.91 Å². The Balaban J connectivity index is 1.93. The highest BCUT2D eigenvalue weighted by Gasteiger charge is 2.19. The summed E-state index contributed by atoms with van der Waals surface area (Å²) in [6, 6.07) is 3.36. The zero-order chi connectivity index (χ0) is 13.7. The number of hydrogen-bond acceptors (Lipinski definition) is 5.